The first-order valence-corrected chi connectivity index (χ1v) is 9.71. The van der Waals surface area contributed by atoms with Crippen molar-refractivity contribution < 1.29 is 5.11 Å². The Morgan fingerprint density at radius 2 is 1.91 bits per heavy atom. The Balaban J connectivity index is 0.00000132. The van der Waals surface area contributed by atoms with Crippen LogP contribution in [0, 0.1) is 5.92 Å². The molecule has 2 heterocycles. The minimum absolute atomic E-state index is 0. The summed E-state index contributed by atoms with van der Waals surface area (Å²) < 4.78 is 1.20. The summed E-state index contributed by atoms with van der Waals surface area (Å²) in [4.78, 5) is 4.00. The van der Waals surface area contributed by atoms with Gasteiger partial charge >= 0.3 is 0 Å². The molecule has 1 aromatic heterocycles. The van der Waals surface area contributed by atoms with Gasteiger partial charge in [-0.15, -0.1) is 36.2 Å². The molecular weight excluding hydrogens is 419 g/mol. The average molecular weight is 446 g/mol. The topological polar surface area (TPSA) is 35.5 Å². The first-order valence-electron chi connectivity index (χ1n) is 8.10. The molecule has 1 aromatic rings. The Kier molecular flexibility index (Phi) is 9.98. The molecule has 1 aliphatic heterocycles. The fraction of sp³-hybridized carbons (Fsp3) is 0.750. The van der Waals surface area contributed by atoms with Crippen LogP contribution >= 0.6 is 52.1 Å². The van der Waals surface area contributed by atoms with Gasteiger partial charge in [-0.1, -0.05) is 12.8 Å². The van der Waals surface area contributed by atoms with Crippen molar-refractivity contribution in [2.75, 3.05) is 32.7 Å². The molecule has 3 atom stereocenters. The summed E-state index contributed by atoms with van der Waals surface area (Å²) in [6.45, 7) is 5.54. The van der Waals surface area contributed by atoms with Crippen molar-refractivity contribution in [1.29, 1.82) is 0 Å². The lowest BCUT2D eigenvalue weighted by Gasteiger charge is -2.38. The van der Waals surface area contributed by atoms with Gasteiger partial charge in [0, 0.05) is 43.5 Å². The third-order valence-corrected chi connectivity index (χ3v) is 6.68. The quantitative estimate of drug-likeness (QED) is 0.737. The predicted octanol–water partition coefficient (Wildman–Crippen LogP) is 3.89. The van der Waals surface area contributed by atoms with E-state index in [4.69, 9.17) is 0 Å². The highest BCUT2D eigenvalue weighted by molar-refractivity contribution is 9.11. The van der Waals surface area contributed by atoms with E-state index in [0.717, 1.165) is 39.1 Å². The second-order valence-electron chi connectivity index (χ2n) is 6.31. The molecule has 1 saturated heterocycles. The van der Waals surface area contributed by atoms with Crippen LogP contribution in [0.5, 0.6) is 0 Å². The normalized spacial score (nSPS) is 26.9. The molecule has 0 radical (unpaired) electrons. The van der Waals surface area contributed by atoms with Crippen LogP contribution in [-0.4, -0.2) is 48.8 Å². The van der Waals surface area contributed by atoms with E-state index in [2.05, 4.69) is 38.3 Å². The van der Waals surface area contributed by atoms with Crippen LogP contribution in [0.15, 0.2) is 15.9 Å². The lowest BCUT2D eigenvalue weighted by atomic mass is 9.77. The fourth-order valence-corrected chi connectivity index (χ4v) is 5.34. The van der Waals surface area contributed by atoms with E-state index in [1.807, 2.05) is 11.3 Å². The Hall–Kier alpha value is 0.640. The highest BCUT2D eigenvalue weighted by Crippen LogP contribution is 2.40. The first kappa shape index (κ1) is 21.7. The predicted molar refractivity (Wildman–Crippen MR) is 107 cm³/mol. The van der Waals surface area contributed by atoms with E-state index in [-0.39, 0.29) is 30.9 Å². The molecular formula is C16H27BrCl2N2OS. The van der Waals surface area contributed by atoms with Gasteiger partial charge in [0.25, 0.3) is 0 Å². The van der Waals surface area contributed by atoms with Crippen molar-refractivity contribution in [3.05, 3.63) is 20.8 Å². The molecule has 23 heavy (non-hydrogen) atoms. The van der Waals surface area contributed by atoms with E-state index in [1.165, 1.54) is 27.9 Å². The largest absolute Gasteiger partial charge is 0.393 e. The molecule has 0 bridgehead atoms. The van der Waals surface area contributed by atoms with Crippen LogP contribution in [0.1, 0.15) is 36.5 Å². The van der Waals surface area contributed by atoms with Crippen molar-refractivity contribution in [1.82, 2.24) is 10.2 Å². The van der Waals surface area contributed by atoms with Crippen LogP contribution in [-0.2, 0) is 0 Å². The van der Waals surface area contributed by atoms with E-state index in [9.17, 15) is 5.11 Å². The number of piperazine rings is 1. The van der Waals surface area contributed by atoms with Gasteiger partial charge < -0.3 is 15.3 Å². The second-order valence-corrected chi connectivity index (χ2v) is 8.81. The van der Waals surface area contributed by atoms with Crippen LogP contribution in [0.25, 0.3) is 0 Å². The van der Waals surface area contributed by atoms with Crippen LogP contribution in [0.2, 0.25) is 0 Å². The molecule has 7 heteroatoms. The summed E-state index contributed by atoms with van der Waals surface area (Å²) >= 11 is 5.44. The number of nitrogens with one attached hydrogen (secondary N) is 1. The fourth-order valence-electron chi connectivity index (χ4n) is 3.75. The maximum absolute atomic E-state index is 10.5. The zero-order chi connectivity index (χ0) is 14.7. The zero-order valence-electron chi connectivity index (χ0n) is 13.2. The van der Waals surface area contributed by atoms with E-state index < -0.39 is 0 Å². The summed E-state index contributed by atoms with van der Waals surface area (Å²) in [5.74, 6) is 0.911. The lowest BCUT2D eigenvalue weighted by molar-refractivity contribution is 0.0455. The summed E-state index contributed by atoms with van der Waals surface area (Å²) in [6.07, 6.45) is 4.49. The maximum atomic E-state index is 10.5. The molecule has 2 fully saturated rings. The van der Waals surface area contributed by atoms with E-state index in [1.54, 1.807) is 0 Å². The number of rotatable bonds is 4. The van der Waals surface area contributed by atoms with Gasteiger partial charge in [-0.3, -0.25) is 0 Å². The van der Waals surface area contributed by atoms with Gasteiger partial charge in [-0.05, 0) is 46.8 Å². The third kappa shape index (κ3) is 5.84. The van der Waals surface area contributed by atoms with Gasteiger partial charge in [0.2, 0.25) is 0 Å². The van der Waals surface area contributed by atoms with Crippen LogP contribution in [0.3, 0.4) is 0 Å². The molecule has 2 N–H and O–H groups in total. The molecule has 3 nitrogen and oxygen atoms in total. The average Bonchev–Trinajstić information content (AvgIpc) is 2.93. The molecule has 134 valence electrons. The van der Waals surface area contributed by atoms with Gasteiger partial charge in [-0.25, -0.2) is 0 Å². The number of aliphatic hydroxyl groups excluding tert-OH is 1. The SMILES string of the molecule is Cl.Cl.OC1CCCCC1C(CN1CCNCC1)c1ccc(Br)s1. The van der Waals surface area contributed by atoms with Crippen LogP contribution in [0.4, 0.5) is 0 Å². The molecule has 1 aliphatic carbocycles. The van der Waals surface area contributed by atoms with Crippen molar-refractivity contribution in [2.45, 2.75) is 37.7 Å². The lowest BCUT2D eigenvalue weighted by Crippen LogP contribution is -2.46. The second kappa shape index (κ2) is 10.6. The number of nitrogens with zero attached hydrogens (tertiary/aromatic N) is 1. The molecule has 0 aromatic carbocycles. The highest BCUT2D eigenvalue weighted by atomic mass is 79.9. The Bertz CT molecular complexity index is 457. The zero-order valence-corrected chi connectivity index (χ0v) is 17.3. The molecule has 3 unspecified atom stereocenters. The standard InChI is InChI=1S/C16H25BrN2OS.2ClH/c17-16-6-5-15(21-16)13(11-19-9-7-18-8-10-19)12-3-1-2-4-14(12)20;;/h5-6,12-14,18,20H,1-4,7-11H2;2*1H. The van der Waals surface area contributed by atoms with Gasteiger partial charge in [0.1, 0.15) is 0 Å². The molecule has 3 rings (SSSR count). The molecule has 2 aliphatic rings. The number of hydrogen-bond acceptors (Lipinski definition) is 4. The van der Waals surface area contributed by atoms with E-state index in [0.29, 0.717) is 11.8 Å². The van der Waals surface area contributed by atoms with E-state index >= 15 is 0 Å². The van der Waals surface area contributed by atoms with Crippen LogP contribution < -0.4 is 5.32 Å². The maximum Gasteiger partial charge on any atom is 0.0701 e. The summed E-state index contributed by atoms with van der Waals surface area (Å²) in [5, 5.41) is 13.9. The van der Waals surface area contributed by atoms with Gasteiger partial charge in [0.05, 0.1) is 9.89 Å². The molecule has 0 spiro atoms. The third-order valence-electron chi connectivity index (χ3n) is 4.92. The minimum Gasteiger partial charge on any atom is -0.393 e. The smallest absolute Gasteiger partial charge is 0.0701 e. The highest BCUT2D eigenvalue weighted by Gasteiger charge is 2.33. The molecule has 1 saturated carbocycles. The summed E-state index contributed by atoms with van der Waals surface area (Å²) in [6, 6.07) is 4.41. The van der Waals surface area contributed by atoms with Crippen molar-refractivity contribution >= 4 is 52.1 Å². The summed E-state index contributed by atoms with van der Waals surface area (Å²) in [7, 11) is 0. The number of hydrogen-bond donors (Lipinski definition) is 2. The van der Waals surface area contributed by atoms with Gasteiger partial charge in [0.15, 0.2) is 0 Å². The Morgan fingerprint density at radius 3 is 2.52 bits per heavy atom. The number of halogens is 3. The van der Waals surface area contributed by atoms with Crippen molar-refractivity contribution in [3.63, 3.8) is 0 Å². The van der Waals surface area contributed by atoms with Crippen molar-refractivity contribution in [2.24, 2.45) is 5.92 Å². The Morgan fingerprint density at radius 1 is 1.22 bits per heavy atom. The monoisotopic (exact) mass is 444 g/mol. The first-order chi connectivity index (χ1) is 10.2. The molecule has 0 amide bonds. The number of aliphatic hydroxyl groups is 1. The number of thiophene rings is 1. The Labute approximate surface area is 164 Å². The summed E-state index contributed by atoms with van der Waals surface area (Å²) in [5.41, 5.74) is 0. The van der Waals surface area contributed by atoms with Gasteiger partial charge in [-0.2, -0.15) is 0 Å². The minimum atomic E-state index is -0.118. The van der Waals surface area contributed by atoms with Crippen molar-refractivity contribution in [3.8, 4) is 0 Å².